The fourth-order valence-corrected chi connectivity index (χ4v) is 3.23. The van der Waals surface area contributed by atoms with Crippen molar-refractivity contribution in [3.8, 4) is 0 Å². The molecule has 1 saturated heterocycles. The second-order valence-electron chi connectivity index (χ2n) is 6.72. The highest BCUT2D eigenvalue weighted by atomic mass is 16.7. The van der Waals surface area contributed by atoms with Crippen LogP contribution in [0.1, 0.15) is 44.7 Å². The minimum atomic E-state index is -1.21. The Hall–Kier alpha value is -2.30. The number of anilines is 1. The summed E-state index contributed by atoms with van der Waals surface area (Å²) in [5.41, 5.74) is 3.26. The number of hydrogen-bond acceptors (Lipinski definition) is 5. The Morgan fingerprint density at radius 2 is 1.92 bits per heavy atom. The minimum Gasteiger partial charge on any atom is -0.419 e. The Morgan fingerprint density at radius 3 is 2.58 bits per heavy atom. The molecule has 0 saturated carbocycles. The van der Waals surface area contributed by atoms with Crippen molar-refractivity contribution in [2.75, 3.05) is 18.0 Å². The first-order valence-electron chi connectivity index (χ1n) is 8.46. The molecule has 1 aromatic carbocycles. The normalized spacial score (nSPS) is 19.5. The van der Waals surface area contributed by atoms with E-state index in [1.807, 2.05) is 12.1 Å². The Kier molecular flexibility index (Phi) is 4.35. The van der Waals surface area contributed by atoms with E-state index < -0.39 is 17.7 Å². The quantitative estimate of drug-likeness (QED) is 0.485. The third-order valence-electron chi connectivity index (χ3n) is 4.24. The second kappa shape index (κ2) is 6.30. The molecule has 5 nitrogen and oxygen atoms in total. The fourth-order valence-electron chi connectivity index (χ4n) is 3.23. The number of esters is 2. The highest BCUT2D eigenvalue weighted by Crippen LogP contribution is 2.30. The van der Waals surface area contributed by atoms with Gasteiger partial charge in [0.15, 0.2) is 0 Å². The molecule has 0 N–H and O–H groups in total. The van der Waals surface area contributed by atoms with E-state index in [1.54, 1.807) is 19.9 Å². The van der Waals surface area contributed by atoms with Crippen LogP contribution in [0.2, 0.25) is 0 Å². The SMILES string of the molecule is CCCN1CCCc2cc(C=C3C(=O)OC(C)(C)OC3=O)ccc21. The van der Waals surface area contributed by atoms with Gasteiger partial charge in [0.1, 0.15) is 5.57 Å². The lowest BCUT2D eigenvalue weighted by atomic mass is 9.98. The summed E-state index contributed by atoms with van der Waals surface area (Å²) >= 11 is 0. The third-order valence-corrected chi connectivity index (χ3v) is 4.24. The molecule has 2 heterocycles. The van der Waals surface area contributed by atoms with Gasteiger partial charge >= 0.3 is 11.9 Å². The minimum absolute atomic E-state index is 0.0597. The van der Waals surface area contributed by atoms with Crippen molar-refractivity contribution >= 4 is 23.7 Å². The zero-order chi connectivity index (χ0) is 17.3. The first-order valence-corrected chi connectivity index (χ1v) is 8.46. The molecule has 3 rings (SSSR count). The molecule has 0 atom stereocenters. The van der Waals surface area contributed by atoms with E-state index in [-0.39, 0.29) is 5.57 Å². The van der Waals surface area contributed by atoms with Gasteiger partial charge in [-0.3, -0.25) is 0 Å². The van der Waals surface area contributed by atoms with Crippen molar-refractivity contribution in [3.63, 3.8) is 0 Å². The van der Waals surface area contributed by atoms with Gasteiger partial charge in [0.2, 0.25) is 0 Å². The zero-order valence-electron chi connectivity index (χ0n) is 14.4. The lowest BCUT2D eigenvalue weighted by molar-refractivity contribution is -0.222. The summed E-state index contributed by atoms with van der Waals surface area (Å²) < 4.78 is 10.3. The Bertz CT molecular complexity index is 683. The Balaban J connectivity index is 1.89. The standard InChI is InChI=1S/C19H23NO4/c1-4-9-20-10-5-6-14-11-13(7-8-16(14)20)12-15-17(21)23-19(2,3)24-18(15)22/h7-8,11-12H,4-6,9-10H2,1-3H3. The first-order chi connectivity index (χ1) is 11.4. The summed E-state index contributed by atoms with van der Waals surface area (Å²) in [5.74, 6) is -2.48. The number of cyclic esters (lactones) is 2. The van der Waals surface area contributed by atoms with Gasteiger partial charge < -0.3 is 14.4 Å². The molecule has 1 aromatic rings. The monoisotopic (exact) mass is 329 g/mol. The van der Waals surface area contributed by atoms with Gasteiger partial charge in [0, 0.05) is 32.6 Å². The predicted molar refractivity (Wildman–Crippen MR) is 91.5 cm³/mol. The van der Waals surface area contributed by atoms with Gasteiger partial charge in [-0.25, -0.2) is 9.59 Å². The highest BCUT2D eigenvalue weighted by molar-refractivity contribution is 6.18. The highest BCUT2D eigenvalue weighted by Gasteiger charge is 2.38. The maximum absolute atomic E-state index is 12.1. The van der Waals surface area contributed by atoms with Gasteiger partial charge in [-0.2, -0.15) is 0 Å². The number of fused-ring (bicyclic) bond motifs is 1. The van der Waals surface area contributed by atoms with Crippen LogP contribution in [0.25, 0.3) is 6.08 Å². The van der Waals surface area contributed by atoms with E-state index in [2.05, 4.69) is 17.9 Å². The number of nitrogens with zero attached hydrogens (tertiary/aromatic N) is 1. The summed E-state index contributed by atoms with van der Waals surface area (Å²) in [6, 6.07) is 6.05. The Morgan fingerprint density at radius 1 is 1.21 bits per heavy atom. The average molecular weight is 329 g/mol. The zero-order valence-corrected chi connectivity index (χ0v) is 14.4. The summed E-state index contributed by atoms with van der Waals surface area (Å²) in [4.78, 5) is 26.5. The fraction of sp³-hybridized carbons (Fsp3) is 0.474. The summed E-state index contributed by atoms with van der Waals surface area (Å²) in [5, 5.41) is 0. The van der Waals surface area contributed by atoms with E-state index in [9.17, 15) is 9.59 Å². The van der Waals surface area contributed by atoms with Gasteiger partial charge in [0.25, 0.3) is 5.79 Å². The number of hydrogen-bond donors (Lipinski definition) is 0. The van der Waals surface area contributed by atoms with Crippen LogP contribution in [-0.4, -0.2) is 30.8 Å². The molecule has 2 aliphatic heterocycles. The number of benzene rings is 1. The van der Waals surface area contributed by atoms with E-state index in [1.165, 1.54) is 11.3 Å². The topological polar surface area (TPSA) is 55.8 Å². The lowest BCUT2D eigenvalue weighted by Crippen LogP contribution is -2.41. The number of aryl methyl sites for hydroxylation is 1. The van der Waals surface area contributed by atoms with Crippen LogP contribution in [0.4, 0.5) is 5.69 Å². The Labute approximate surface area is 142 Å². The lowest BCUT2D eigenvalue weighted by Gasteiger charge is -2.31. The molecule has 2 aliphatic rings. The van der Waals surface area contributed by atoms with Crippen molar-refractivity contribution < 1.29 is 19.1 Å². The van der Waals surface area contributed by atoms with Crippen molar-refractivity contribution in [2.24, 2.45) is 0 Å². The molecule has 1 fully saturated rings. The van der Waals surface area contributed by atoms with E-state index >= 15 is 0 Å². The van der Waals surface area contributed by atoms with E-state index in [0.717, 1.165) is 37.9 Å². The van der Waals surface area contributed by atoms with Crippen LogP contribution in [0, 0.1) is 0 Å². The predicted octanol–water partition coefficient (Wildman–Crippen LogP) is 3.07. The van der Waals surface area contributed by atoms with Crippen LogP contribution in [0.3, 0.4) is 0 Å². The van der Waals surface area contributed by atoms with Crippen LogP contribution in [0.15, 0.2) is 23.8 Å². The van der Waals surface area contributed by atoms with Gasteiger partial charge in [-0.15, -0.1) is 0 Å². The van der Waals surface area contributed by atoms with Gasteiger partial charge in [-0.05, 0) is 48.6 Å². The summed E-state index contributed by atoms with van der Waals surface area (Å²) in [7, 11) is 0. The number of rotatable bonds is 3. The summed E-state index contributed by atoms with van der Waals surface area (Å²) in [6.45, 7) is 7.38. The molecule has 24 heavy (non-hydrogen) atoms. The molecule has 0 aromatic heterocycles. The molecule has 0 aliphatic carbocycles. The van der Waals surface area contributed by atoms with Crippen molar-refractivity contribution in [3.05, 3.63) is 34.9 Å². The average Bonchev–Trinajstić information content (AvgIpc) is 2.50. The molecule has 0 unspecified atom stereocenters. The van der Waals surface area contributed by atoms with Gasteiger partial charge in [-0.1, -0.05) is 13.0 Å². The number of ether oxygens (including phenoxy) is 2. The smallest absolute Gasteiger partial charge is 0.348 e. The van der Waals surface area contributed by atoms with E-state index in [4.69, 9.17) is 9.47 Å². The van der Waals surface area contributed by atoms with Crippen molar-refractivity contribution in [1.29, 1.82) is 0 Å². The number of carbonyl (C=O) groups excluding carboxylic acids is 2. The molecule has 5 heteroatoms. The second-order valence-corrected chi connectivity index (χ2v) is 6.72. The van der Waals surface area contributed by atoms with Crippen LogP contribution in [0.5, 0.6) is 0 Å². The van der Waals surface area contributed by atoms with Crippen LogP contribution in [-0.2, 0) is 25.5 Å². The van der Waals surface area contributed by atoms with Crippen LogP contribution < -0.4 is 4.90 Å². The molecule has 0 amide bonds. The first kappa shape index (κ1) is 16.6. The molecular formula is C19H23NO4. The van der Waals surface area contributed by atoms with Gasteiger partial charge in [0.05, 0.1) is 0 Å². The van der Waals surface area contributed by atoms with E-state index in [0.29, 0.717) is 0 Å². The number of carbonyl (C=O) groups is 2. The maximum Gasteiger partial charge on any atom is 0.348 e. The van der Waals surface area contributed by atoms with Crippen molar-refractivity contribution in [1.82, 2.24) is 0 Å². The van der Waals surface area contributed by atoms with Crippen molar-refractivity contribution in [2.45, 2.75) is 45.8 Å². The third kappa shape index (κ3) is 3.30. The molecule has 0 spiro atoms. The largest absolute Gasteiger partial charge is 0.419 e. The summed E-state index contributed by atoms with van der Waals surface area (Å²) in [6.07, 6.45) is 4.79. The molecular weight excluding hydrogens is 306 g/mol. The molecule has 128 valence electrons. The maximum atomic E-state index is 12.1. The molecule has 0 bridgehead atoms. The molecule has 0 radical (unpaired) electrons. The van der Waals surface area contributed by atoms with Crippen LogP contribution >= 0.6 is 0 Å².